The van der Waals surface area contributed by atoms with Crippen molar-refractivity contribution in [2.45, 2.75) is 31.8 Å². The molecule has 1 saturated heterocycles. The summed E-state index contributed by atoms with van der Waals surface area (Å²) >= 11 is 0. The molecule has 1 unspecified atom stereocenters. The molecule has 0 spiro atoms. The maximum Gasteiger partial charge on any atom is 0.122 e. The second kappa shape index (κ2) is 6.76. The van der Waals surface area contributed by atoms with Crippen molar-refractivity contribution in [1.29, 1.82) is 0 Å². The molecule has 1 aliphatic rings. The van der Waals surface area contributed by atoms with Crippen molar-refractivity contribution >= 4 is 0 Å². The summed E-state index contributed by atoms with van der Waals surface area (Å²) in [7, 11) is 2.16. The summed E-state index contributed by atoms with van der Waals surface area (Å²) in [6, 6.07) is 8.36. The number of nitrogens with two attached hydrogens (primary N) is 1. The smallest absolute Gasteiger partial charge is 0.122 e. The summed E-state index contributed by atoms with van der Waals surface area (Å²) in [4.78, 5) is 2.34. The Bertz CT molecular complexity index is 367. The number of benzene rings is 1. The number of likely N-dealkylation sites (N-methyl/N-ethyl adjacent to an activating group) is 1. The first-order chi connectivity index (χ1) is 8.79. The molecule has 2 rings (SSSR count). The summed E-state index contributed by atoms with van der Waals surface area (Å²) in [5.41, 5.74) is 6.87. The Labute approximate surface area is 110 Å². The minimum Gasteiger partial charge on any atom is -0.489 e. The van der Waals surface area contributed by atoms with Crippen LogP contribution in [0.2, 0.25) is 0 Å². The van der Waals surface area contributed by atoms with Crippen molar-refractivity contribution in [1.82, 2.24) is 4.90 Å². The van der Waals surface area contributed by atoms with Gasteiger partial charge in [-0.3, -0.25) is 0 Å². The van der Waals surface area contributed by atoms with Crippen molar-refractivity contribution in [3.8, 4) is 5.75 Å². The van der Waals surface area contributed by atoms with Crippen molar-refractivity contribution in [2.75, 3.05) is 26.7 Å². The summed E-state index contributed by atoms with van der Waals surface area (Å²) in [6.45, 7) is 2.96. The predicted molar refractivity (Wildman–Crippen MR) is 75.0 cm³/mol. The molecule has 0 bridgehead atoms. The van der Waals surface area contributed by atoms with Crippen LogP contribution in [0.15, 0.2) is 24.3 Å². The van der Waals surface area contributed by atoms with Gasteiger partial charge in [0.2, 0.25) is 0 Å². The minimum absolute atomic E-state index is 0.336. The second-order valence-corrected chi connectivity index (χ2v) is 5.14. The molecule has 2 N–H and O–H groups in total. The fourth-order valence-corrected chi connectivity index (χ4v) is 2.51. The van der Waals surface area contributed by atoms with Crippen LogP contribution in [-0.2, 0) is 6.42 Å². The van der Waals surface area contributed by atoms with Gasteiger partial charge in [0, 0.05) is 6.54 Å². The Hall–Kier alpha value is -1.06. The zero-order valence-electron chi connectivity index (χ0n) is 11.3. The van der Waals surface area contributed by atoms with Crippen LogP contribution in [-0.4, -0.2) is 37.7 Å². The molecule has 1 aromatic rings. The minimum atomic E-state index is 0.336. The van der Waals surface area contributed by atoms with Gasteiger partial charge < -0.3 is 15.4 Å². The van der Waals surface area contributed by atoms with Gasteiger partial charge in [-0.25, -0.2) is 0 Å². The highest BCUT2D eigenvalue weighted by Gasteiger charge is 2.19. The number of aryl methyl sites for hydroxylation is 1. The number of piperidine rings is 1. The van der Waals surface area contributed by atoms with E-state index in [1.54, 1.807) is 0 Å². The first-order valence-corrected chi connectivity index (χ1v) is 6.93. The average molecular weight is 248 g/mol. The van der Waals surface area contributed by atoms with Gasteiger partial charge in [0.05, 0.1) is 0 Å². The SMILES string of the molecule is CN1CCCC(Oc2ccccc2CCCN)C1. The van der Waals surface area contributed by atoms with Crippen molar-refractivity contribution in [3.05, 3.63) is 29.8 Å². The lowest BCUT2D eigenvalue weighted by molar-refractivity contribution is 0.103. The molecule has 100 valence electrons. The zero-order valence-corrected chi connectivity index (χ0v) is 11.3. The van der Waals surface area contributed by atoms with Crippen LogP contribution >= 0.6 is 0 Å². The van der Waals surface area contributed by atoms with Crippen LogP contribution in [0.3, 0.4) is 0 Å². The second-order valence-electron chi connectivity index (χ2n) is 5.14. The van der Waals surface area contributed by atoms with Gasteiger partial charge in [0.25, 0.3) is 0 Å². The maximum absolute atomic E-state index is 6.17. The van der Waals surface area contributed by atoms with E-state index in [-0.39, 0.29) is 0 Å². The summed E-state index contributed by atoms with van der Waals surface area (Å²) in [5, 5.41) is 0. The van der Waals surface area contributed by atoms with Crippen LogP contribution < -0.4 is 10.5 Å². The van der Waals surface area contributed by atoms with E-state index in [9.17, 15) is 0 Å². The van der Waals surface area contributed by atoms with Gasteiger partial charge in [-0.1, -0.05) is 18.2 Å². The molecule has 3 heteroatoms. The number of hydrogen-bond acceptors (Lipinski definition) is 3. The van der Waals surface area contributed by atoms with Crippen molar-refractivity contribution in [3.63, 3.8) is 0 Å². The van der Waals surface area contributed by atoms with Crippen LogP contribution in [0.4, 0.5) is 0 Å². The molecule has 0 saturated carbocycles. The Morgan fingerprint density at radius 3 is 3.00 bits per heavy atom. The van der Waals surface area contributed by atoms with Crippen LogP contribution in [0.25, 0.3) is 0 Å². The average Bonchev–Trinajstić information content (AvgIpc) is 2.38. The van der Waals surface area contributed by atoms with E-state index in [2.05, 4.69) is 30.1 Å². The van der Waals surface area contributed by atoms with E-state index in [0.717, 1.165) is 38.1 Å². The Kier molecular flexibility index (Phi) is 5.02. The highest BCUT2D eigenvalue weighted by Crippen LogP contribution is 2.23. The molecular weight excluding hydrogens is 224 g/mol. The van der Waals surface area contributed by atoms with Gasteiger partial charge in [0.1, 0.15) is 11.9 Å². The number of ether oxygens (including phenoxy) is 1. The fourth-order valence-electron chi connectivity index (χ4n) is 2.51. The van der Waals surface area contributed by atoms with Gasteiger partial charge >= 0.3 is 0 Å². The lowest BCUT2D eigenvalue weighted by Gasteiger charge is -2.30. The first kappa shape index (κ1) is 13.4. The molecule has 0 aliphatic carbocycles. The Balaban J connectivity index is 1.99. The highest BCUT2D eigenvalue weighted by atomic mass is 16.5. The number of hydrogen-bond donors (Lipinski definition) is 1. The van der Waals surface area contributed by atoms with E-state index in [1.165, 1.54) is 18.5 Å². The van der Waals surface area contributed by atoms with Crippen LogP contribution in [0.1, 0.15) is 24.8 Å². The third-order valence-electron chi connectivity index (χ3n) is 3.50. The number of likely N-dealkylation sites (tertiary alicyclic amines) is 1. The Morgan fingerprint density at radius 2 is 2.22 bits per heavy atom. The summed E-state index contributed by atoms with van der Waals surface area (Å²) in [5.74, 6) is 1.05. The van der Waals surface area contributed by atoms with Gasteiger partial charge in [-0.05, 0) is 57.5 Å². The number of nitrogens with zero attached hydrogens (tertiary/aromatic N) is 1. The van der Waals surface area contributed by atoms with Crippen molar-refractivity contribution in [2.24, 2.45) is 5.73 Å². The maximum atomic E-state index is 6.17. The molecule has 1 fully saturated rings. The van der Waals surface area contributed by atoms with E-state index < -0.39 is 0 Å². The number of rotatable bonds is 5. The molecule has 1 aromatic carbocycles. The molecule has 1 aliphatic heterocycles. The quantitative estimate of drug-likeness (QED) is 0.866. The first-order valence-electron chi connectivity index (χ1n) is 6.93. The summed E-state index contributed by atoms with van der Waals surface area (Å²) in [6.07, 6.45) is 4.75. The van der Waals surface area contributed by atoms with Crippen molar-refractivity contribution < 1.29 is 4.74 Å². The van der Waals surface area contributed by atoms with Gasteiger partial charge in [0.15, 0.2) is 0 Å². The van der Waals surface area contributed by atoms with E-state index in [4.69, 9.17) is 10.5 Å². The molecule has 18 heavy (non-hydrogen) atoms. The number of para-hydroxylation sites is 1. The third kappa shape index (κ3) is 3.72. The largest absolute Gasteiger partial charge is 0.489 e. The molecular formula is C15H24N2O. The molecule has 1 heterocycles. The molecule has 0 radical (unpaired) electrons. The van der Waals surface area contributed by atoms with E-state index in [0.29, 0.717) is 6.10 Å². The summed E-state index contributed by atoms with van der Waals surface area (Å²) < 4.78 is 6.17. The lowest BCUT2D eigenvalue weighted by atomic mass is 10.1. The third-order valence-corrected chi connectivity index (χ3v) is 3.50. The fraction of sp³-hybridized carbons (Fsp3) is 0.600. The topological polar surface area (TPSA) is 38.5 Å². The van der Waals surface area contributed by atoms with Gasteiger partial charge in [-0.15, -0.1) is 0 Å². The standard InChI is InChI=1S/C15H24N2O/c1-17-11-5-8-14(12-17)18-15-9-3-2-6-13(15)7-4-10-16/h2-3,6,9,14H,4-5,7-8,10-12,16H2,1H3. The molecule has 3 nitrogen and oxygen atoms in total. The monoisotopic (exact) mass is 248 g/mol. The van der Waals surface area contributed by atoms with Gasteiger partial charge in [-0.2, -0.15) is 0 Å². The van der Waals surface area contributed by atoms with E-state index >= 15 is 0 Å². The zero-order chi connectivity index (χ0) is 12.8. The molecule has 0 amide bonds. The predicted octanol–water partition coefficient (Wildman–Crippen LogP) is 2.05. The molecule has 1 atom stereocenters. The molecule has 0 aromatic heterocycles. The Morgan fingerprint density at radius 1 is 1.39 bits per heavy atom. The lowest BCUT2D eigenvalue weighted by Crippen LogP contribution is -2.38. The normalized spacial score (nSPS) is 20.9. The van der Waals surface area contributed by atoms with Crippen LogP contribution in [0.5, 0.6) is 5.75 Å². The van der Waals surface area contributed by atoms with Crippen LogP contribution in [0, 0.1) is 0 Å². The highest BCUT2D eigenvalue weighted by molar-refractivity contribution is 5.33. The van der Waals surface area contributed by atoms with E-state index in [1.807, 2.05) is 6.07 Å².